The Bertz CT molecular complexity index is 544. The molecule has 1 rings (SSSR count). The predicted octanol–water partition coefficient (Wildman–Crippen LogP) is 2.20. The molecule has 0 amide bonds. The summed E-state index contributed by atoms with van der Waals surface area (Å²) in [7, 11) is 1.69. The quantitative estimate of drug-likeness (QED) is 0.182. The second-order valence-electron chi connectivity index (χ2n) is 6.55. The summed E-state index contributed by atoms with van der Waals surface area (Å²) in [6.07, 6.45) is 8.43. The molecule has 27 heavy (non-hydrogen) atoms. The van der Waals surface area contributed by atoms with E-state index in [-0.39, 0.29) is 5.84 Å². The molecule has 0 unspecified atom stereocenters. The van der Waals surface area contributed by atoms with Gasteiger partial charge in [0.2, 0.25) is 0 Å². The number of amidine groups is 1. The van der Waals surface area contributed by atoms with Crippen molar-refractivity contribution in [3.05, 3.63) is 29.8 Å². The molecule has 0 aliphatic rings. The average molecular weight is 377 g/mol. The summed E-state index contributed by atoms with van der Waals surface area (Å²) in [5.74, 6) is 1.42. The predicted molar refractivity (Wildman–Crippen MR) is 114 cm³/mol. The second-order valence-corrected chi connectivity index (χ2v) is 6.55. The van der Waals surface area contributed by atoms with Gasteiger partial charge in [0.1, 0.15) is 11.6 Å². The lowest BCUT2D eigenvalue weighted by Gasteiger charge is -2.08. The summed E-state index contributed by atoms with van der Waals surface area (Å²) >= 11 is 0. The third-order valence-corrected chi connectivity index (χ3v) is 4.26. The van der Waals surface area contributed by atoms with Crippen molar-refractivity contribution in [1.29, 1.82) is 5.41 Å². The minimum atomic E-state index is 0.0786. The maximum atomic E-state index is 7.36. The van der Waals surface area contributed by atoms with Crippen molar-refractivity contribution in [3.8, 4) is 5.75 Å². The molecule has 0 radical (unpaired) electrons. The Morgan fingerprint density at radius 1 is 0.926 bits per heavy atom. The Morgan fingerprint density at radius 2 is 1.52 bits per heavy atom. The number of hydrogen-bond acceptors (Lipinski definition) is 4. The largest absolute Gasteiger partial charge is 0.494 e. The number of nitrogen functional groups attached to an aromatic ring is 1. The fraction of sp³-hybridized carbons (Fsp3) is 0.600. The van der Waals surface area contributed by atoms with Crippen LogP contribution in [-0.4, -0.2) is 45.1 Å². The van der Waals surface area contributed by atoms with Gasteiger partial charge in [-0.25, -0.2) is 0 Å². The van der Waals surface area contributed by atoms with Crippen molar-refractivity contribution in [3.63, 3.8) is 0 Å². The van der Waals surface area contributed by atoms with E-state index in [2.05, 4.69) is 15.6 Å². The Hall–Kier alpha value is -2.28. The van der Waals surface area contributed by atoms with Gasteiger partial charge in [-0.15, -0.1) is 0 Å². The summed E-state index contributed by atoms with van der Waals surface area (Å²) in [6.45, 7) is 3.64. The minimum absolute atomic E-state index is 0.0786. The van der Waals surface area contributed by atoms with Crippen LogP contribution in [0, 0.1) is 5.41 Å². The van der Waals surface area contributed by atoms with Crippen LogP contribution in [-0.2, 0) is 0 Å². The SMILES string of the molecule is CN=C(N)NCCCCCCCCNCCCOc1ccc(C(=N)N)cc1. The fourth-order valence-corrected chi connectivity index (χ4v) is 2.62. The van der Waals surface area contributed by atoms with Crippen LogP contribution >= 0.6 is 0 Å². The summed E-state index contributed by atoms with van der Waals surface area (Å²) in [5, 5.41) is 13.9. The van der Waals surface area contributed by atoms with E-state index in [1.165, 1.54) is 32.1 Å². The Labute approximate surface area is 163 Å². The van der Waals surface area contributed by atoms with E-state index >= 15 is 0 Å². The molecular formula is C20H36N6O. The molecule has 7 N–H and O–H groups in total. The van der Waals surface area contributed by atoms with E-state index in [1.54, 1.807) is 19.2 Å². The van der Waals surface area contributed by atoms with Crippen molar-refractivity contribution < 1.29 is 4.74 Å². The van der Waals surface area contributed by atoms with Crippen LogP contribution in [0.5, 0.6) is 5.75 Å². The van der Waals surface area contributed by atoms with E-state index in [0.717, 1.165) is 43.8 Å². The molecule has 7 heteroatoms. The maximum Gasteiger partial charge on any atom is 0.188 e. The van der Waals surface area contributed by atoms with Crippen molar-refractivity contribution in [1.82, 2.24) is 10.6 Å². The van der Waals surface area contributed by atoms with Crippen LogP contribution < -0.4 is 26.8 Å². The standard InChI is InChI=1S/C20H36N6O/c1-24-20(23)26-15-7-5-3-2-4-6-13-25-14-8-16-27-18-11-9-17(10-12-18)19(21)22/h9-12,25H,2-8,13-16H2,1H3,(H3,21,22)(H3,23,24,26). The van der Waals surface area contributed by atoms with Crippen LogP contribution in [0.1, 0.15) is 50.5 Å². The normalized spacial score (nSPS) is 11.4. The molecule has 152 valence electrons. The van der Waals surface area contributed by atoms with Crippen LogP contribution in [0.2, 0.25) is 0 Å². The zero-order chi connectivity index (χ0) is 19.7. The smallest absolute Gasteiger partial charge is 0.188 e. The lowest BCUT2D eigenvalue weighted by atomic mass is 10.1. The highest BCUT2D eigenvalue weighted by molar-refractivity contribution is 5.94. The first kappa shape index (κ1) is 22.8. The molecule has 0 heterocycles. The van der Waals surface area contributed by atoms with E-state index in [0.29, 0.717) is 12.6 Å². The van der Waals surface area contributed by atoms with Gasteiger partial charge in [0.25, 0.3) is 0 Å². The Balaban J connectivity index is 1.84. The first-order valence-corrected chi connectivity index (χ1v) is 9.87. The number of hydrogen-bond donors (Lipinski definition) is 5. The summed E-state index contributed by atoms with van der Waals surface area (Å²) in [6, 6.07) is 7.32. The Morgan fingerprint density at radius 3 is 2.15 bits per heavy atom. The topological polar surface area (TPSA) is 122 Å². The molecule has 0 saturated heterocycles. The number of nitrogens with two attached hydrogens (primary N) is 2. The van der Waals surface area contributed by atoms with Gasteiger partial charge in [0.15, 0.2) is 5.96 Å². The van der Waals surface area contributed by atoms with Crippen LogP contribution in [0.25, 0.3) is 0 Å². The first-order chi connectivity index (χ1) is 13.1. The third-order valence-electron chi connectivity index (χ3n) is 4.26. The first-order valence-electron chi connectivity index (χ1n) is 9.87. The third kappa shape index (κ3) is 11.9. The summed E-state index contributed by atoms with van der Waals surface area (Å²) in [4.78, 5) is 3.86. The van der Waals surface area contributed by atoms with Crippen LogP contribution in [0.3, 0.4) is 0 Å². The van der Waals surface area contributed by atoms with Crippen molar-refractivity contribution >= 4 is 11.8 Å². The van der Waals surface area contributed by atoms with Gasteiger partial charge in [-0.1, -0.05) is 25.7 Å². The zero-order valence-corrected chi connectivity index (χ0v) is 16.6. The zero-order valence-electron chi connectivity index (χ0n) is 16.6. The van der Waals surface area contributed by atoms with Gasteiger partial charge in [-0.2, -0.15) is 0 Å². The molecule has 0 aromatic heterocycles. The molecule has 0 fully saturated rings. The molecule has 0 saturated carbocycles. The maximum absolute atomic E-state index is 7.36. The number of benzene rings is 1. The molecule has 1 aromatic rings. The lowest BCUT2D eigenvalue weighted by Crippen LogP contribution is -2.31. The monoisotopic (exact) mass is 376 g/mol. The van der Waals surface area contributed by atoms with Crippen molar-refractivity contribution in [2.24, 2.45) is 16.5 Å². The molecule has 7 nitrogen and oxygen atoms in total. The Kier molecular flexibility index (Phi) is 12.5. The van der Waals surface area contributed by atoms with Gasteiger partial charge >= 0.3 is 0 Å². The number of unbranched alkanes of at least 4 members (excludes halogenated alkanes) is 5. The fourth-order valence-electron chi connectivity index (χ4n) is 2.62. The number of nitrogens with one attached hydrogen (secondary N) is 3. The van der Waals surface area contributed by atoms with Gasteiger partial charge < -0.3 is 26.8 Å². The van der Waals surface area contributed by atoms with Crippen LogP contribution in [0.4, 0.5) is 0 Å². The molecule has 0 spiro atoms. The summed E-state index contributed by atoms with van der Waals surface area (Å²) < 4.78 is 5.68. The minimum Gasteiger partial charge on any atom is -0.494 e. The van der Waals surface area contributed by atoms with Gasteiger partial charge in [-0.3, -0.25) is 10.4 Å². The highest BCUT2D eigenvalue weighted by Gasteiger charge is 1.98. The highest BCUT2D eigenvalue weighted by Crippen LogP contribution is 2.11. The molecule has 1 aromatic carbocycles. The van der Waals surface area contributed by atoms with Gasteiger partial charge in [0.05, 0.1) is 6.61 Å². The van der Waals surface area contributed by atoms with E-state index < -0.39 is 0 Å². The molecule has 0 atom stereocenters. The van der Waals surface area contributed by atoms with E-state index in [1.807, 2.05) is 12.1 Å². The van der Waals surface area contributed by atoms with Crippen molar-refractivity contribution in [2.75, 3.05) is 33.3 Å². The second kappa shape index (κ2) is 14.8. The number of ether oxygens (including phenoxy) is 1. The van der Waals surface area contributed by atoms with Crippen LogP contribution in [0.15, 0.2) is 29.3 Å². The molecule has 0 aliphatic carbocycles. The van der Waals surface area contributed by atoms with Gasteiger partial charge in [-0.05, 0) is 56.6 Å². The molecular weight excluding hydrogens is 340 g/mol. The number of aliphatic imine (C=N–C) groups is 1. The summed E-state index contributed by atoms with van der Waals surface area (Å²) in [5.41, 5.74) is 11.7. The lowest BCUT2D eigenvalue weighted by molar-refractivity contribution is 0.308. The molecule has 0 bridgehead atoms. The van der Waals surface area contributed by atoms with E-state index in [4.69, 9.17) is 21.6 Å². The number of rotatable bonds is 15. The average Bonchev–Trinajstić information content (AvgIpc) is 2.68. The molecule has 0 aliphatic heterocycles. The highest BCUT2D eigenvalue weighted by atomic mass is 16.5. The number of guanidine groups is 1. The van der Waals surface area contributed by atoms with Gasteiger partial charge in [0, 0.05) is 19.2 Å². The van der Waals surface area contributed by atoms with Crippen molar-refractivity contribution in [2.45, 2.75) is 44.9 Å². The van der Waals surface area contributed by atoms with E-state index in [9.17, 15) is 0 Å². The number of nitrogens with zero attached hydrogens (tertiary/aromatic N) is 1.